The number of nitrogens with zero attached hydrogens (tertiary/aromatic N) is 1. The highest BCUT2D eigenvalue weighted by molar-refractivity contribution is 6.01. The van der Waals surface area contributed by atoms with Gasteiger partial charge < -0.3 is 4.74 Å². The molecule has 0 heterocycles. The predicted molar refractivity (Wildman–Crippen MR) is 104 cm³/mol. The summed E-state index contributed by atoms with van der Waals surface area (Å²) < 4.78 is 44.0. The zero-order valence-electron chi connectivity index (χ0n) is 16.2. The molecule has 8 heteroatoms. The van der Waals surface area contributed by atoms with Crippen LogP contribution < -0.4 is 4.90 Å². The van der Waals surface area contributed by atoms with Gasteiger partial charge in [-0.05, 0) is 38.1 Å². The second-order valence-corrected chi connectivity index (χ2v) is 6.09. The monoisotopic (exact) mass is 417 g/mol. The number of rotatable bonds is 5. The SMILES string of the molecule is CCOC(=O)CN(C(=O)C(F)(F)F)c1ccccc1C#Cc1ccc(C(C)=O)cc1. The molecule has 0 aliphatic rings. The number of alkyl halides is 3. The Balaban J connectivity index is 2.44. The van der Waals surface area contributed by atoms with Crippen molar-refractivity contribution in [3.05, 3.63) is 65.2 Å². The highest BCUT2D eigenvalue weighted by Gasteiger charge is 2.44. The number of benzene rings is 2. The maximum atomic E-state index is 13.1. The molecule has 0 aromatic heterocycles. The fourth-order valence-corrected chi connectivity index (χ4v) is 2.50. The number of halogens is 3. The van der Waals surface area contributed by atoms with Crippen molar-refractivity contribution < 1.29 is 32.3 Å². The molecule has 2 aromatic carbocycles. The van der Waals surface area contributed by atoms with Crippen LogP contribution in [0.15, 0.2) is 48.5 Å². The molecule has 5 nitrogen and oxygen atoms in total. The van der Waals surface area contributed by atoms with E-state index in [0.717, 1.165) is 0 Å². The highest BCUT2D eigenvalue weighted by Crippen LogP contribution is 2.26. The summed E-state index contributed by atoms with van der Waals surface area (Å²) in [6.45, 7) is 1.99. The van der Waals surface area contributed by atoms with Crippen LogP contribution in [0, 0.1) is 11.8 Å². The number of para-hydroxylation sites is 1. The van der Waals surface area contributed by atoms with Gasteiger partial charge >= 0.3 is 18.1 Å². The van der Waals surface area contributed by atoms with E-state index in [1.54, 1.807) is 30.3 Å². The standard InChI is InChI=1S/C22H18F3NO4/c1-3-30-20(28)14-26(21(29)22(23,24)25)19-7-5-4-6-18(19)13-10-16-8-11-17(12-9-16)15(2)27/h4-9,11-12H,3,14H2,1-2H3. The van der Waals surface area contributed by atoms with Crippen LogP contribution in [0.25, 0.3) is 0 Å². The summed E-state index contributed by atoms with van der Waals surface area (Å²) in [7, 11) is 0. The number of ether oxygens (including phenoxy) is 1. The summed E-state index contributed by atoms with van der Waals surface area (Å²) >= 11 is 0. The van der Waals surface area contributed by atoms with Crippen molar-refractivity contribution in [2.24, 2.45) is 0 Å². The van der Waals surface area contributed by atoms with Gasteiger partial charge in [0.05, 0.1) is 12.3 Å². The Hall–Kier alpha value is -3.60. The van der Waals surface area contributed by atoms with E-state index >= 15 is 0 Å². The molecule has 156 valence electrons. The molecule has 2 aromatic rings. The molecule has 0 unspecified atom stereocenters. The van der Waals surface area contributed by atoms with Crippen molar-refractivity contribution in [1.82, 2.24) is 0 Å². The maximum absolute atomic E-state index is 13.1. The van der Waals surface area contributed by atoms with Crippen molar-refractivity contribution >= 4 is 23.3 Å². The summed E-state index contributed by atoms with van der Waals surface area (Å²) in [5.74, 6) is 2.22. The Morgan fingerprint density at radius 2 is 1.63 bits per heavy atom. The first-order valence-corrected chi connectivity index (χ1v) is 8.89. The quantitative estimate of drug-likeness (QED) is 0.422. The van der Waals surface area contributed by atoms with Gasteiger partial charge in [0.15, 0.2) is 5.78 Å². The van der Waals surface area contributed by atoms with Crippen molar-refractivity contribution in [1.29, 1.82) is 0 Å². The molecule has 0 fully saturated rings. The summed E-state index contributed by atoms with van der Waals surface area (Å²) in [4.78, 5) is 35.4. The Morgan fingerprint density at radius 1 is 1.00 bits per heavy atom. The van der Waals surface area contributed by atoms with Gasteiger partial charge in [0, 0.05) is 16.7 Å². The Labute approximate surface area is 171 Å². The van der Waals surface area contributed by atoms with E-state index in [-0.39, 0.29) is 23.6 Å². The van der Waals surface area contributed by atoms with E-state index in [0.29, 0.717) is 16.0 Å². The molecule has 0 N–H and O–H groups in total. The minimum atomic E-state index is -5.18. The van der Waals surface area contributed by atoms with Gasteiger partial charge in [-0.15, -0.1) is 0 Å². The van der Waals surface area contributed by atoms with E-state index in [9.17, 15) is 27.6 Å². The normalized spacial score (nSPS) is 10.6. The van der Waals surface area contributed by atoms with Gasteiger partial charge in [0.1, 0.15) is 6.54 Å². The molecular weight excluding hydrogens is 399 g/mol. The lowest BCUT2D eigenvalue weighted by Gasteiger charge is -2.24. The molecule has 0 aliphatic heterocycles. The molecule has 2 rings (SSSR count). The van der Waals surface area contributed by atoms with Crippen LogP contribution in [0.1, 0.15) is 35.3 Å². The second-order valence-electron chi connectivity index (χ2n) is 6.09. The van der Waals surface area contributed by atoms with Crippen LogP contribution in [-0.4, -0.2) is 37.0 Å². The first-order chi connectivity index (χ1) is 14.1. The number of anilines is 1. The van der Waals surface area contributed by atoms with Crippen LogP contribution in [0.3, 0.4) is 0 Å². The summed E-state index contributed by atoms with van der Waals surface area (Å²) in [6.07, 6.45) is -5.18. The molecular formula is C22H18F3NO4. The fourth-order valence-electron chi connectivity index (χ4n) is 2.50. The lowest BCUT2D eigenvalue weighted by molar-refractivity contribution is -0.171. The highest BCUT2D eigenvalue weighted by atomic mass is 19.4. The van der Waals surface area contributed by atoms with Gasteiger partial charge in [-0.2, -0.15) is 13.2 Å². The Morgan fingerprint density at radius 3 is 2.20 bits per heavy atom. The number of esters is 1. The number of hydrogen-bond donors (Lipinski definition) is 0. The number of Topliss-reactive ketones (excluding diaryl/α,β-unsaturated/α-hetero) is 1. The molecule has 30 heavy (non-hydrogen) atoms. The topological polar surface area (TPSA) is 63.7 Å². The number of ketones is 1. The maximum Gasteiger partial charge on any atom is 0.471 e. The molecule has 0 saturated carbocycles. The van der Waals surface area contributed by atoms with Crippen LogP contribution in [0.4, 0.5) is 18.9 Å². The van der Waals surface area contributed by atoms with Gasteiger partial charge in [-0.25, -0.2) is 0 Å². The molecule has 0 bridgehead atoms. The third-order valence-corrected chi connectivity index (χ3v) is 3.91. The number of hydrogen-bond acceptors (Lipinski definition) is 4. The van der Waals surface area contributed by atoms with Crippen LogP contribution in [-0.2, 0) is 14.3 Å². The van der Waals surface area contributed by atoms with Gasteiger partial charge in [0.2, 0.25) is 0 Å². The van der Waals surface area contributed by atoms with Crippen LogP contribution >= 0.6 is 0 Å². The number of carbonyl (C=O) groups excluding carboxylic acids is 3. The zero-order chi connectivity index (χ0) is 22.3. The lowest BCUT2D eigenvalue weighted by atomic mass is 10.1. The van der Waals surface area contributed by atoms with E-state index < -0.39 is 24.6 Å². The second kappa shape index (κ2) is 9.74. The van der Waals surface area contributed by atoms with Crippen molar-refractivity contribution in [2.75, 3.05) is 18.1 Å². The minimum absolute atomic E-state index is 0.0371. The molecule has 1 amide bonds. The summed E-state index contributed by atoms with van der Waals surface area (Å²) in [5.41, 5.74) is 0.974. The van der Waals surface area contributed by atoms with E-state index in [1.165, 1.54) is 32.0 Å². The van der Waals surface area contributed by atoms with Crippen LogP contribution in [0.2, 0.25) is 0 Å². The largest absolute Gasteiger partial charge is 0.471 e. The molecule has 0 spiro atoms. The predicted octanol–water partition coefficient (Wildman–Crippen LogP) is 3.75. The number of amides is 1. The van der Waals surface area contributed by atoms with Crippen LogP contribution in [0.5, 0.6) is 0 Å². The molecule has 0 atom stereocenters. The fraction of sp³-hybridized carbons (Fsp3) is 0.227. The van der Waals surface area contributed by atoms with Crippen molar-refractivity contribution in [2.45, 2.75) is 20.0 Å². The van der Waals surface area contributed by atoms with E-state index in [1.807, 2.05) is 0 Å². The zero-order valence-corrected chi connectivity index (χ0v) is 16.2. The smallest absolute Gasteiger partial charge is 0.465 e. The van der Waals surface area contributed by atoms with Gasteiger partial charge in [-0.3, -0.25) is 19.3 Å². The average Bonchev–Trinajstić information content (AvgIpc) is 2.70. The average molecular weight is 417 g/mol. The van der Waals surface area contributed by atoms with Crippen molar-refractivity contribution in [3.63, 3.8) is 0 Å². The Bertz CT molecular complexity index is 1000. The van der Waals surface area contributed by atoms with Gasteiger partial charge in [0.25, 0.3) is 0 Å². The van der Waals surface area contributed by atoms with E-state index in [4.69, 9.17) is 4.74 Å². The first-order valence-electron chi connectivity index (χ1n) is 8.89. The number of carbonyl (C=O) groups is 3. The summed E-state index contributed by atoms with van der Waals surface area (Å²) in [5, 5.41) is 0. The lowest BCUT2D eigenvalue weighted by Crippen LogP contribution is -2.44. The molecule has 0 saturated heterocycles. The third-order valence-electron chi connectivity index (χ3n) is 3.91. The summed E-state index contributed by atoms with van der Waals surface area (Å²) in [6, 6.07) is 12.1. The van der Waals surface area contributed by atoms with Crippen molar-refractivity contribution in [3.8, 4) is 11.8 Å². The molecule has 0 radical (unpaired) electrons. The van der Waals surface area contributed by atoms with Gasteiger partial charge in [-0.1, -0.05) is 36.1 Å². The van der Waals surface area contributed by atoms with E-state index in [2.05, 4.69) is 11.8 Å². The first kappa shape index (κ1) is 22.7. The Kier molecular flexibility index (Phi) is 7.37. The molecule has 0 aliphatic carbocycles. The minimum Gasteiger partial charge on any atom is -0.465 e. The third kappa shape index (κ3) is 5.95.